The van der Waals surface area contributed by atoms with Crippen molar-refractivity contribution in [2.75, 3.05) is 0 Å². The molecule has 32 heavy (non-hydrogen) atoms. The fourth-order valence-corrected chi connectivity index (χ4v) is 5.99. The molecule has 1 heterocycles. The molecule has 10 heteroatoms. The molecule has 3 aromatic carbocycles. The monoisotopic (exact) mass is 702 g/mol. The van der Waals surface area contributed by atoms with E-state index in [9.17, 15) is 14.4 Å². The summed E-state index contributed by atoms with van der Waals surface area (Å²) in [6.45, 7) is -0.00601. The molecule has 0 atom stereocenters. The van der Waals surface area contributed by atoms with Gasteiger partial charge in [-0.3, -0.25) is 14.4 Å². The Kier molecular flexibility index (Phi) is 6.93. The number of hydrazine groups is 1. The van der Waals surface area contributed by atoms with Crippen molar-refractivity contribution in [1.29, 1.82) is 0 Å². The molecule has 0 spiro atoms. The second-order valence-corrected chi connectivity index (χ2v) is 10.3. The third-order valence-corrected chi connectivity index (χ3v) is 9.93. The molecule has 0 fully saturated rings. The number of hydrogen-bond acceptors (Lipinski definition) is 3. The summed E-state index contributed by atoms with van der Waals surface area (Å²) < 4.78 is 1.96. The molecule has 0 saturated carbocycles. The van der Waals surface area contributed by atoms with E-state index in [2.05, 4.69) is 63.7 Å². The van der Waals surface area contributed by atoms with E-state index in [1.165, 1.54) is 0 Å². The summed E-state index contributed by atoms with van der Waals surface area (Å²) in [6, 6.07) is 15.6. The molecule has 0 unspecified atom stereocenters. The van der Waals surface area contributed by atoms with E-state index in [0.29, 0.717) is 17.9 Å². The Morgan fingerprint density at radius 2 is 1.28 bits per heavy atom. The van der Waals surface area contributed by atoms with Gasteiger partial charge in [-0.2, -0.15) is 5.01 Å². The summed E-state index contributed by atoms with van der Waals surface area (Å²) in [4.78, 5) is 40.5. The van der Waals surface area contributed by atoms with E-state index >= 15 is 0 Å². The lowest BCUT2D eigenvalue weighted by Crippen LogP contribution is -2.49. The maximum absolute atomic E-state index is 13.6. The molecule has 3 aromatic rings. The van der Waals surface area contributed by atoms with Crippen molar-refractivity contribution < 1.29 is 14.4 Å². The topological polar surface area (TPSA) is 57.7 Å². The number of halogens is 5. The Bertz CT molecular complexity index is 1240. The molecule has 0 aliphatic carbocycles. The van der Waals surface area contributed by atoms with Crippen molar-refractivity contribution in [1.82, 2.24) is 10.0 Å². The summed E-state index contributed by atoms with van der Waals surface area (Å²) in [5.41, 5.74) is 1.23. The molecule has 0 saturated heterocycles. The van der Waals surface area contributed by atoms with Gasteiger partial charge in [-0.1, -0.05) is 54.1 Å². The Morgan fingerprint density at radius 1 is 0.781 bits per heavy atom. The zero-order chi connectivity index (χ0) is 23.2. The number of rotatable bonds is 4. The van der Waals surface area contributed by atoms with E-state index < -0.39 is 17.7 Å². The molecule has 1 aliphatic heterocycles. The number of carbonyl (C=O) groups is 3. The number of benzene rings is 3. The summed E-state index contributed by atoms with van der Waals surface area (Å²) in [7, 11) is 0. The van der Waals surface area contributed by atoms with Gasteiger partial charge in [0.2, 0.25) is 0 Å². The third kappa shape index (κ3) is 3.98. The predicted molar refractivity (Wildman–Crippen MR) is 136 cm³/mol. The van der Waals surface area contributed by atoms with Crippen LogP contribution in [0.3, 0.4) is 0 Å². The zero-order valence-electron chi connectivity index (χ0n) is 15.9. The largest absolute Gasteiger partial charge is 0.282 e. The highest BCUT2D eigenvalue weighted by Crippen LogP contribution is 2.45. The minimum Gasteiger partial charge on any atom is -0.267 e. The minimum absolute atomic E-state index is 0.00601. The Hall–Kier alpha value is -1.52. The third-order valence-electron chi connectivity index (χ3n) is 4.83. The Morgan fingerprint density at radius 3 is 1.81 bits per heavy atom. The molecule has 4 rings (SSSR count). The first kappa shape index (κ1) is 23.6. The number of fused-ring (bicyclic) bond motifs is 1. The van der Waals surface area contributed by atoms with E-state index in [0.717, 1.165) is 15.6 Å². The molecule has 5 nitrogen and oxygen atoms in total. The van der Waals surface area contributed by atoms with Crippen molar-refractivity contribution in [3.8, 4) is 0 Å². The molecule has 3 amide bonds. The van der Waals surface area contributed by atoms with Crippen molar-refractivity contribution in [3.05, 3.63) is 99.8 Å². The average Bonchev–Trinajstić information content (AvgIpc) is 3.05. The summed E-state index contributed by atoms with van der Waals surface area (Å²) in [6.07, 6.45) is 0. The van der Waals surface area contributed by atoms with Gasteiger partial charge >= 0.3 is 0 Å². The summed E-state index contributed by atoms with van der Waals surface area (Å²) in [5.74, 6) is -1.82. The number of carbonyl (C=O) groups excluding carboxylic acids is 3. The standard InChI is InChI=1S/C22H11Br4ClN2O3/c23-16-14-15(17(24)19(26)18(16)25)22(32)29(21(14)31)28(10-11-6-2-1-3-7-11)20(30)12-8-4-5-9-13(12)27/h1-9H,10H2. The van der Waals surface area contributed by atoms with E-state index in [4.69, 9.17) is 11.6 Å². The second-order valence-electron chi connectivity index (χ2n) is 6.76. The fourth-order valence-electron chi connectivity index (χ4n) is 3.32. The highest BCUT2D eigenvalue weighted by Gasteiger charge is 2.45. The van der Waals surface area contributed by atoms with Gasteiger partial charge in [-0.05, 0) is 81.4 Å². The summed E-state index contributed by atoms with van der Waals surface area (Å²) in [5, 5.41) is 2.22. The van der Waals surface area contributed by atoms with Crippen molar-refractivity contribution in [2.45, 2.75) is 6.54 Å². The molecule has 0 bridgehead atoms. The van der Waals surface area contributed by atoms with Crippen molar-refractivity contribution >= 4 is 93.0 Å². The normalized spacial score (nSPS) is 12.8. The number of hydrogen-bond donors (Lipinski definition) is 0. The second kappa shape index (κ2) is 9.38. The molecule has 1 aliphatic rings. The molecule has 0 N–H and O–H groups in total. The van der Waals surface area contributed by atoms with Crippen LogP contribution in [0.1, 0.15) is 36.6 Å². The average molecular weight is 706 g/mol. The molecular formula is C22H11Br4ClN2O3. The van der Waals surface area contributed by atoms with Crippen LogP contribution in [0.2, 0.25) is 5.02 Å². The Balaban J connectivity index is 1.86. The molecule has 0 aromatic heterocycles. The summed E-state index contributed by atoms with van der Waals surface area (Å²) >= 11 is 19.9. The van der Waals surface area contributed by atoms with Crippen LogP contribution in [0, 0.1) is 0 Å². The fraction of sp³-hybridized carbons (Fsp3) is 0.0455. The van der Waals surface area contributed by atoms with Crippen molar-refractivity contribution in [3.63, 3.8) is 0 Å². The van der Waals surface area contributed by atoms with Crippen LogP contribution in [0.25, 0.3) is 0 Å². The first-order valence-corrected chi connectivity index (χ1v) is 12.6. The maximum atomic E-state index is 13.6. The highest BCUT2D eigenvalue weighted by molar-refractivity contribution is 9.15. The van der Waals surface area contributed by atoms with E-state index in [-0.39, 0.29) is 28.3 Å². The first-order chi connectivity index (χ1) is 15.2. The van der Waals surface area contributed by atoms with Gasteiger partial charge in [0, 0.05) is 17.9 Å². The van der Waals surface area contributed by atoms with Gasteiger partial charge in [0.15, 0.2) is 0 Å². The predicted octanol–water partition coefficient (Wildman–Crippen LogP) is 7.24. The van der Waals surface area contributed by atoms with Gasteiger partial charge in [-0.15, -0.1) is 0 Å². The Labute approximate surface area is 222 Å². The van der Waals surface area contributed by atoms with Crippen LogP contribution in [0.15, 0.2) is 72.5 Å². The smallest absolute Gasteiger partial charge is 0.267 e. The maximum Gasteiger partial charge on any atom is 0.282 e. The zero-order valence-corrected chi connectivity index (χ0v) is 23.0. The van der Waals surface area contributed by atoms with E-state index in [1.807, 2.05) is 30.3 Å². The van der Waals surface area contributed by atoms with Gasteiger partial charge in [0.1, 0.15) is 0 Å². The lowest BCUT2D eigenvalue weighted by molar-refractivity contribution is 0.000828. The van der Waals surface area contributed by atoms with Crippen molar-refractivity contribution in [2.24, 2.45) is 0 Å². The van der Waals surface area contributed by atoms with Crippen LogP contribution < -0.4 is 0 Å². The minimum atomic E-state index is -0.623. The SMILES string of the molecule is O=C(c1ccccc1Cl)N(Cc1ccccc1)N1C(=O)c2c(Br)c(Br)c(Br)c(Br)c2C1=O. The molecule has 162 valence electrons. The lowest BCUT2D eigenvalue weighted by atomic mass is 10.1. The molecular weight excluding hydrogens is 695 g/mol. The van der Waals surface area contributed by atoms with Crippen LogP contribution in [0.4, 0.5) is 0 Å². The van der Waals surface area contributed by atoms with Gasteiger partial charge in [0.25, 0.3) is 17.7 Å². The van der Waals surface area contributed by atoms with Gasteiger partial charge < -0.3 is 0 Å². The van der Waals surface area contributed by atoms with Gasteiger partial charge in [0.05, 0.1) is 28.3 Å². The number of nitrogens with zero attached hydrogens (tertiary/aromatic N) is 2. The lowest BCUT2D eigenvalue weighted by Gasteiger charge is -2.30. The van der Waals surface area contributed by atoms with Gasteiger partial charge in [-0.25, -0.2) is 5.01 Å². The van der Waals surface area contributed by atoms with Crippen LogP contribution in [-0.2, 0) is 6.54 Å². The number of imide groups is 1. The first-order valence-electron chi connectivity index (χ1n) is 9.09. The quantitative estimate of drug-likeness (QED) is 0.163. The van der Waals surface area contributed by atoms with Crippen LogP contribution >= 0.6 is 75.3 Å². The van der Waals surface area contributed by atoms with Crippen LogP contribution in [-0.4, -0.2) is 27.7 Å². The van der Waals surface area contributed by atoms with E-state index in [1.54, 1.807) is 24.3 Å². The molecule has 0 radical (unpaired) electrons. The van der Waals surface area contributed by atoms with Crippen LogP contribution in [0.5, 0.6) is 0 Å². The number of amides is 3. The highest BCUT2D eigenvalue weighted by atomic mass is 79.9.